The van der Waals surface area contributed by atoms with Gasteiger partial charge in [0.15, 0.2) is 0 Å². The molecule has 2 rings (SSSR count). The first-order valence-electron chi connectivity index (χ1n) is 5.11. The topological polar surface area (TPSA) is 72.2 Å². The third-order valence-corrected chi connectivity index (χ3v) is 3.89. The third-order valence-electron chi connectivity index (χ3n) is 2.48. The Balaban J connectivity index is 2.37. The van der Waals surface area contributed by atoms with E-state index in [1.165, 1.54) is 6.33 Å². The SMILES string of the molecule is CC1CN(c2ncnc(Cl)c2[N+](=O)[O-])CCS1. The van der Waals surface area contributed by atoms with Gasteiger partial charge in [-0.25, -0.2) is 9.97 Å². The highest BCUT2D eigenvalue weighted by molar-refractivity contribution is 8.00. The van der Waals surface area contributed by atoms with Crippen molar-refractivity contribution < 1.29 is 4.92 Å². The van der Waals surface area contributed by atoms with Gasteiger partial charge in [0, 0.05) is 24.1 Å². The molecule has 1 aromatic rings. The number of halogens is 1. The van der Waals surface area contributed by atoms with E-state index in [4.69, 9.17) is 11.6 Å². The van der Waals surface area contributed by atoms with Crippen LogP contribution in [0.15, 0.2) is 6.33 Å². The number of anilines is 1. The minimum atomic E-state index is -0.524. The van der Waals surface area contributed by atoms with Gasteiger partial charge in [-0.05, 0) is 0 Å². The van der Waals surface area contributed by atoms with Gasteiger partial charge in [-0.3, -0.25) is 10.1 Å². The van der Waals surface area contributed by atoms with Crippen LogP contribution in [0.2, 0.25) is 5.15 Å². The van der Waals surface area contributed by atoms with Crippen LogP contribution in [0.5, 0.6) is 0 Å². The van der Waals surface area contributed by atoms with Crippen molar-refractivity contribution in [3.63, 3.8) is 0 Å². The van der Waals surface area contributed by atoms with Gasteiger partial charge in [0.2, 0.25) is 11.0 Å². The number of hydrogen-bond acceptors (Lipinski definition) is 6. The van der Waals surface area contributed by atoms with Gasteiger partial charge >= 0.3 is 5.69 Å². The fourth-order valence-electron chi connectivity index (χ4n) is 1.75. The van der Waals surface area contributed by atoms with Crippen LogP contribution in [0.25, 0.3) is 0 Å². The molecule has 1 unspecified atom stereocenters. The maximum absolute atomic E-state index is 11.0. The molecule has 17 heavy (non-hydrogen) atoms. The Bertz CT molecular complexity index is 445. The fraction of sp³-hybridized carbons (Fsp3) is 0.556. The van der Waals surface area contributed by atoms with Crippen molar-refractivity contribution in [1.29, 1.82) is 0 Å². The van der Waals surface area contributed by atoms with Crippen LogP contribution in [0, 0.1) is 10.1 Å². The maximum atomic E-state index is 11.0. The lowest BCUT2D eigenvalue weighted by Gasteiger charge is -2.30. The Morgan fingerprint density at radius 3 is 3.06 bits per heavy atom. The molecule has 8 heteroatoms. The third kappa shape index (κ3) is 2.61. The van der Waals surface area contributed by atoms with Crippen LogP contribution in [-0.4, -0.2) is 39.0 Å². The monoisotopic (exact) mass is 274 g/mol. The van der Waals surface area contributed by atoms with Gasteiger partial charge in [0.25, 0.3) is 0 Å². The molecule has 1 atom stereocenters. The fourth-order valence-corrected chi connectivity index (χ4v) is 2.96. The summed E-state index contributed by atoms with van der Waals surface area (Å²) in [5.74, 6) is 1.25. The van der Waals surface area contributed by atoms with Gasteiger partial charge in [-0.15, -0.1) is 0 Å². The molecule has 1 fully saturated rings. The minimum Gasteiger partial charge on any atom is -0.349 e. The molecule has 2 heterocycles. The van der Waals surface area contributed by atoms with E-state index < -0.39 is 4.92 Å². The summed E-state index contributed by atoms with van der Waals surface area (Å²) in [5, 5.41) is 11.3. The van der Waals surface area contributed by atoms with E-state index in [1.807, 2.05) is 16.7 Å². The van der Waals surface area contributed by atoms with Crippen molar-refractivity contribution in [2.75, 3.05) is 23.7 Å². The summed E-state index contributed by atoms with van der Waals surface area (Å²) in [7, 11) is 0. The normalized spacial score (nSPS) is 20.4. The largest absolute Gasteiger partial charge is 0.349 e. The lowest BCUT2D eigenvalue weighted by Crippen LogP contribution is -2.37. The maximum Gasteiger partial charge on any atom is 0.348 e. The molecular weight excluding hydrogens is 264 g/mol. The molecule has 0 aliphatic carbocycles. The molecule has 0 radical (unpaired) electrons. The second kappa shape index (κ2) is 5.05. The van der Waals surface area contributed by atoms with Gasteiger partial charge in [0.05, 0.1) is 4.92 Å². The van der Waals surface area contributed by atoms with E-state index >= 15 is 0 Å². The Kier molecular flexibility index (Phi) is 3.68. The standard InChI is InChI=1S/C9H11ClN4O2S/c1-6-4-13(2-3-17-6)9-7(14(15)16)8(10)11-5-12-9/h5-6H,2-4H2,1H3. The second-order valence-corrected chi connectivity index (χ2v) is 5.63. The number of rotatable bonds is 2. The summed E-state index contributed by atoms with van der Waals surface area (Å²) in [6, 6.07) is 0. The zero-order valence-corrected chi connectivity index (χ0v) is 10.7. The molecule has 0 N–H and O–H groups in total. The van der Waals surface area contributed by atoms with Crippen molar-refractivity contribution in [1.82, 2.24) is 9.97 Å². The van der Waals surface area contributed by atoms with Crippen LogP contribution in [0.1, 0.15) is 6.92 Å². The average Bonchev–Trinajstić information content (AvgIpc) is 2.28. The smallest absolute Gasteiger partial charge is 0.348 e. The highest BCUT2D eigenvalue weighted by atomic mass is 35.5. The number of aromatic nitrogens is 2. The summed E-state index contributed by atoms with van der Waals surface area (Å²) in [6.07, 6.45) is 1.26. The first kappa shape index (κ1) is 12.4. The quantitative estimate of drug-likeness (QED) is 0.466. The first-order valence-corrected chi connectivity index (χ1v) is 6.53. The summed E-state index contributed by atoms with van der Waals surface area (Å²) < 4.78 is 0. The van der Waals surface area contributed by atoms with Crippen molar-refractivity contribution in [3.8, 4) is 0 Å². The van der Waals surface area contributed by atoms with Gasteiger partial charge in [-0.1, -0.05) is 18.5 Å². The lowest BCUT2D eigenvalue weighted by atomic mass is 10.3. The van der Waals surface area contributed by atoms with Crippen molar-refractivity contribution in [2.24, 2.45) is 0 Å². The van der Waals surface area contributed by atoms with E-state index in [0.29, 0.717) is 11.1 Å². The van der Waals surface area contributed by atoms with E-state index in [0.717, 1.165) is 18.8 Å². The predicted molar refractivity (Wildman–Crippen MR) is 67.8 cm³/mol. The van der Waals surface area contributed by atoms with Crippen LogP contribution < -0.4 is 4.90 Å². The summed E-state index contributed by atoms with van der Waals surface area (Å²) >= 11 is 7.60. The highest BCUT2D eigenvalue weighted by Gasteiger charge is 2.28. The molecular formula is C9H11ClN4O2S. The van der Waals surface area contributed by atoms with Crippen LogP contribution >= 0.6 is 23.4 Å². The van der Waals surface area contributed by atoms with E-state index in [2.05, 4.69) is 16.9 Å². The molecule has 0 bridgehead atoms. The molecule has 0 spiro atoms. The van der Waals surface area contributed by atoms with E-state index in [9.17, 15) is 10.1 Å². The minimum absolute atomic E-state index is 0.106. The van der Waals surface area contributed by atoms with Crippen LogP contribution in [0.4, 0.5) is 11.5 Å². The van der Waals surface area contributed by atoms with Gasteiger partial charge < -0.3 is 4.90 Å². The molecule has 1 aliphatic rings. The Morgan fingerprint density at radius 1 is 1.65 bits per heavy atom. The molecule has 92 valence electrons. The van der Waals surface area contributed by atoms with E-state index in [-0.39, 0.29) is 10.8 Å². The summed E-state index contributed by atoms with van der Waals surface area (Å²) in [5.41, 5.74) is -0.201. The number of hydrogen-bond donors (Lipinski definition) is 0. The number of thioether (sulfide) groups is 1. The van der Waals surface area contributed by atoms with Crippen LogP contribution in [0.3, 0.4) is 0 Å². The molecule has 1 saturated heterocycles. The Labute approximate surface area is 108 Å². The average molecular weight is 275 g/mol. The molecule has 6 nitrogen and oxygen atoms in total. The molecule has 1 aliphatic heterocycles. The first-order chi connectivity index (χ1) is 8.09. The predicted octanol–water partition coefficient (Wildman–Crippen LogP) is 1.98. The highest BCUT2D eigenvalue weighted by Crippen LogP contribution is 2.33. The summed E-state index contributed by atoms with van der Waals surface area (Å²) in [6.45, 7) is 3.56. The summed E-state index contributed by atoms with van der Waals surface area (Å²) in [4.78, 5) is 20.0. The second-order valence-electron chi connectivity index (χ2n) is 3.72. The molecule has 0 amide bonds. The van der Waals surface area contributed by atoms with Crippen molar-refractivity contribution in [2.45, 2.75) is 12.2 Å². The van der Waals surface area contributed by atoms with Crippen molar-refractivity contribution in [3.05, 3.63) is 21.6 Å². The molecule has 0 saturated carbocycles. The Morgan fingerprint density at radius 2 is 2.41 bits per heavy atom. The zero-order valence-electron chi connectivity index (χ0n) is 9.17. The van der Waals surface area contributed by atoms with Gasteiger partial charge in [0.1, 0.15) is 6.33 Å². The van der Waals surface area contributed by atoms with Crippen molar-refractivity contribution >= 4 is 34.9 Å². The van der Waals surface area contributed by atoms with Gasteiger partial charge in [-0.2, -0.15) is 11.8 Å². The molecule has 1 aromatic heterocycles. The number of nitrogens with zero attached hydrogens (tertiary/aromatic N) is 4. The molecule has 0 aromatic carbocycles. The van der Waals surface area contributed by atoms with E-state index in [1.54, 1.807) is 0 Å². The Hall–Kier alpha value is -1.08. The van der Waals surface area contributed by atoms with Crippen LogP contribution in [-0.2, 0) is 0 Å². The zero-order chi connectivity index (χ0) is 12.4. The number of nitro groups is 1. The lowest BCUT2D eigenvalue weighted by molar-refractivity contribution is -0.384.